The lowest BCUT2D eigenvalue weighted by atomic mass is 10.3. The Hall–Kier alpha value is -1.55. The predicted molar refractivity (Wildman–Crippen MR) is 85.4 cm³/mol. The Morgan fingerprint density at radius 1 is 1.36 bits per heavy atom. The Kier molecular flexibility index (Phi) is 4.13. The summed E-state index contributed by atoms with van der Waals surface area (Å²) >= 11 is 2.79. The number of aryl methyl sites for hydroxylation is 2. The van der Waals surface area contributed by atoms with Gasteiger partial charge in [0.25, 0.3) is 0 Å². The lowest BCUT2D eigenvalue weighted by molar-refractivity contribution is 0.433. The number of nitrogens with zero attached hydrogens (tertiary/aromatic N) is 2. The standard InChI is InChI=1S/C13H13N3O3S3/c1-8-7-20-13(16-8)6-15-22(17,18)12-5-11(21-9(12)2)10-3-4-14-19-10/h3-5,7,15H,6H2,1-2H3. The van der Waals surface area contributed by atoms with E-state index >= 15 is 0 Å². The Morgan fingerprint density at radius 2 is 2.18 bits per heavy atom. The van der Waals surface area contributed by atoms with E-state index in [1.54, 1.807) is 19.1 Å². The van der Waals surface area contributed by atoms with Crippen molar-refractivity contribution in [2.24, 2.45) is 0 Å². The zero-order chi connectivity index (χ0) is 15.7. The fourth-order valence-electron chi connectivity index (χ4n) is 1.91. The molecule has 3 heterocycles. The van der Waals surface area contributed by atoms with Gasteiger partial charge in [0.1, 0.15) is 5.01 Å². The number of aromatic nitrogens is 2. The average Bonchev–Trinajstić information content (AvgIpc) is 3.16. The molecule has 3 rings (SSSR count). The molecule has 3 aromatic heterocycles. The molecule has 116 valence electrons. The van der Waals surface area contributed by atoms with Gasteiger partial charge in [0.15, 0.2) is 5.76 Å². The number of thiazole rings is 1. The van der Waals surface area contributed by atoms with Crippen LogP contribution in [0.15, 0.2) is 33.1 Å². The van der Waals surface area contributed by atoms with Crippen LogP contribution in [-0.4, -0.2) is 18.6 Å². The smallest absolute Gasteiger partial charge is 0.242 e. The Bertz CT molecular complexity index is 879. The summed E-state index contributed by atoms with van der Waals surface area (Å²) in [5.74, 6) is 0.560. The van der Waals surface area contributed by atoms with Gasteiger partial charge in [-0.15, -0.1) is 22.7 Å². The summed E-state index contributed by atoms with van der Waals surface area (Å²) in [6.45, 7) is 3.83. The number of rotatable bonds is 5. The molecule has 0 aliphatic rings. The van der Waals surface area contributed by atoms with E-state index in [1.807, 2.05) is 12.3 Å². The fourth-order valence-corrected chi connectivity index (χ4v) is 5.25. The third-order valence-corrected chi connectivity index (χ3v) is 6.61. The van der Waals surface area contributed by atoms with Gasteiger partial charge in [-0.05, 0) is 19.9 Å². The maximum atomic E-state index is 12.4. The van der Waals surface area contributed by atoms with Crippen LogP contribution in [0.5, 0.6) is 0 Å². The summed E-state index contributed by atoms with van der Waals surface area (Å²) in [7, 11) is -3.59. The molecule has 0 bridgehead atoms. The van der Waals surface area contributed by atoms with Gasteiger partial charge in [-0.25, -0.2) is 18.1 Å². The van der Waals surface area contributed by atoms with Crippen molar-refractivity contribution in [3.63, 3.8) is 0 Å². The third kappa shape index (κ3) is 3.12. The summed E-state index contributed by atoms with van der Waals surface area (Å²) in [5.41, 5.74) is 0.888. The summed E-state index contributed by atoms with van der Waals surface area (Å²) < 4.78 is 32.5. The van der Waals surface area contributed by atoms with Crippen LogP contribution < -0.4 is 4.72 Å². The first-order valence-corrected chi connectivity index (χ1v) is 9.56. The van der Waals surface area contributed by atoms with Crippen molar-refractivity contribution in [3.8, 4) is 10.6 Å². The van der Waals surface area contributed by atoms with Crippen molar-refractivity contribution in [1.29, 1.82) is 0 Å². The first-order valence-electron chi connectivity index (χ1n) is 6.38. The zero-order valence-electron chi connectivity index (χ0n) is 11.9. The molecule has 3 aromatic rings. The fraction of sp³-hybridized carbons (Fsp3) is 0.231. The molecule has 0 saturated heterocycles. The van der Waals surface area contributed by atoms with Crippen LogP contribution in [-0.2, 0) is 16.6 Å². The van der Waals surface area contributed by atoms with Crippen LogP contribution in [0, 0.1) is 13.8 Å². The first-order chi connectivity index (χ1) is 10.5. The maximum absolute atomic E-state index is 12.4. The zero-order valence-corrected chi connectivity index (χ0v) is 14.3. The minimum Gasteiger partial charge on any atom is -0.355 e. The van der Waals surface area contributed by atoms with Crippen molar-refractivity contribution >= 4 is 32.7 Å². The van der Waals surface area contributed by atoms with Gasteiger partial charge in [0, 0.05) is 22.0 Å². The second-order valence-corrected chi connectivity index (χ2v) is 8.55. The number of hydrogen-bond donors (Lipinski definition) is 1. The van der Waals surface area contributed by atoms with E-state index in [0.717, 1.165) is 15.6 Å². The predicted octanol–water partition coefficient (Wildman–Crippen LogP) is 2.95. The van der Waals surface area contributed by atoms with E-state index in [4.69, 9.17) is 4.52 Å². The molecular weight excluding hydrogens is 342 g/mol. The van der Waals surface area contributed by atoms with E-state index in [9.17, 15) is 8.42 Å². The molecular formula is C13H13N3O3S3. The molecule has 0 saturated carbocycles. The highest BCUT2D eigenvalue weighted by Crippen LogP contribution is 2.33. The van der Waals surface area contributed by atoms with E-state index in [1.165, 1.54) is 28.9 Å². The van der Waals surface area contributed by atoms with Crippen molar-refractivity contribution in [2.75, 3.05) is 0 Å². The van der Waals surface area contributed by atoms with E-state index in [0.29, 0.717) is 10.6 Å². The number of thiophene rings is 1. The SMILES string of the molecule is Cc1csc(CNS(=O)(=O)c2cc(-c3ccno3)sc2C)n1. The first kappa shape index (κ1) is 15.3. The Balaban J connectivity index is 1.83. The Morgan fingerprint density at radius 3 is 2.82 bits per heavy atom. The number of hydrogen-bond acceptors (Lipinski definition) is 7. The second-order valence-electron chi connectivity index (χ2n) is 4.61. The van der Waals surface area contributed by atoms with Crippen molar-refractivity contribution in [3.05, 3.63) is 39.3 Å². The number of sulfonamides is 1. The summed E-state index contributed by atoms with van der Waals surface area (Å²) in [6, 6.07) is 3.31. The molecule has 0 aliphatic heterocycles. The van der Waals surface area contributed by atoms with Crippen molar-refractivity contribution < 1.29 is 12.9 Å². The average molecular weight is 355 g/mol. The van der Waals surface area contributed by atoms with Gasteiger partial charge in [-0.2, -0.15) is 0 Å². The molecule has 0 aliphatic carbocycles. The van der Waals surface area contributed by atoms with Crippen LogP contribution in [0.2, 0.25) is 0 Å². The largest absolute Gasteiger partial charge is 0.355 e. The highest BCUT2D eigenvalue weighted by molar-refractivity contribution is 7.89. The molecule has 0 aromatic carbocycles. The van der Waals surface area contributed by atoms with Crippen LogP contribution in [0.25, 0.3) is 10.6 Å². The minimum absolute atomic E-state index is 0.188. The van der Waals surface area contributed by atoms with Crippen molar-refractivity contribution in [2.45, 2.75) is 25.3 Å². The second kappa shape index (κ2) is 5.92. The monoisotopic (exact) mass is 355 g/mol. The van der Waals surface area contributed by atoms with Crippen LogP contribution in [0.1, 0.15) is 15.6 Å². The highest BCUT2D eigenvalue weighted by atomic mass is 32.2. The van der Waals surface area contributed by atoms with Crippen LogP contribution >= 0.6 is 22.7 Å². The normalized spacial score (nSPS) is 11.9. The van der Waals surface area contributed by atoms with Gasteiger partial charge < -0.3 is 4.52 Å². The van der Waals surface area contributed by atoms with E-state index in [-0.39, 0.29) is 11.4 Å². The quantitative estimate of drug-likeness (QED) is 0.760. The van der Waals surface area contributed by atoms with Gasteiger partial charge >= 0.3 is 0 Å². The van der Waals surface area contributed by atoms with E-state index < -0.39 is 10.0 Å². The number of nitrogens with one attached hydrogen (secondary N) is 1. The molecule has 0 spiro atoms. The lowest BCUT2D eigenvalue weighted by Crippen LogP contribution is -2.23. The molecule has 0 unspecified atom stereocenters. The molecule has 0 atom stereocenters. The van der Waals surface area contributed by atoms with Gasteiger partial charge in [-0.3, -0.25) is 0 Å². The highest BCUT2D eigenvalue weighted by Gasteiger charge is 2.21. The van der Waals surface area contributed by atoms with Crippen LogP contribution in [0.3, 0.4) is 0 Å². The van der Waals surface area contributed by atoms with Gasteiger partial charge in [0.05, 0.1) is 22.5 Å². The van der Waals surface area contributed by atoms with E-state index in [2.05, 4.69) is 14.9 Å². The third-order valence-electron chi connectivity index (χ3n) is 2.92. The minimum atomic E-state index is -3.59. The summed E-state index contributed by atoms with van der Waals surface area (Å²) in [5, 5.41) is 6.27. The summed E-state index contributed by atoms with van der Waals surface area (Å²) in [6.07, 6.45) is 1.53. The molecule has 22 heavy (non-hydrogen) atoms. The maximum Gasteiger partial charge on any atom is 0.242 e. The topological polar surface area (TPSA) is 85.1 Å². The van der Waals surface area contributed by atoms with Gasteiger partial charge in [-0.1, -0.05) is 5.16 Å². The molecule has 9 heteroatoms. The summed E-state index contributed by atoms with van der Waals surface area (Å²) in [4.78, 5) is 5.95. The van der Waals surface area contributed by atoms with Crippen molar-refractivity contribution in [1.82, 2.24) is 14.9 Å². The molecule has 0 radical (unpaired) electrons. The lowest BCUT2D eigenvalue weighted by Gasteiger charge is -2.04. The van der Waals surface area contributed by atoms with Crippen LogP contribution in [0.4, 0.5) is 0 Å². The molecule has 0 fully saturated rings. The molecule has 1 N–H and O–H groups in total. The molecule has 6 nitrogen and oxygen atoms in total. The Labute approximate surface area is 135 Å². The van der Waals surface area contributed by atoms with Gasteiger partial charge in [0.2, 0.25) is 10.0 Å². The molecule has 0 amide bonds.